The summed E-state index contributed by atoms with van der Waals surface area (Å²) in [5.41, 5.74) is 0.213. The van der Waals surface area contributed by atoms with Crippen molar-refractivity contribution in [2.24, 2.45) is 0 Å². The van der Waals surface area contributed by atoms with Crippen LogP contribution in [0.25, 0.3) is 0 Å². The molecular weight excluding hydrogens is 200 g/mol. The monoisotopic (exact) mass is 213 g/mol. The molecule has 15 heavy (non-hydrogen) atoms. The van der Waals surface area contributed by atoms with Crippen LogP contribution in [0.5, 0.6) is 0 Å². The Morgan fingerprint density at radius 1 is 1.40 bits per heavy atom. The van der Waals surface area contributed by atoms with Gasteiger partial charge in [0.15, 0.2) is 0 Å². The second-order valence-electron chi connectivity index (χ2n) is 4.22. The Labute approximate surface area is 87.3 Å². The van der Waals surface area contributed by atoms with Crippen molar-refractivity contribution in [3.05, 3.63) is 40.6 Å². The number of nitrogens with zero attached hydrogens (tertiary/aromatic N) is 1. The lowest BCUT2D eigenvalue weighted by Gasteiger charge is -2.40. The molecule has 2 atom stereocenters. The molecule has 1 aromatic carbocycles. The summed E-state index contributed by atoms with van der Waals surface area (Å²) >= 11 is 0. The van der Waals surface area contributed by atoms with Crippen molar-refractivity contribution in [3.63, 3.8) is 0 Å². The summed E-state index contributed by atoms with van der Waals surface area (Å²) in [5.74, 6) is -0.971. The van der Waals surface area contributed by atoms with Crippen molar-refractivity contribution >= 4 is 0 Å². The Morgan fingerprint density at radius 2 is 2.13 bits per heavy atom. The molecule has 82 valence electrons. The van der Waals surface area contributed by atoms with Crippen LogP contribution in [0.4, 0.5) is 8.78 Å². The minimum Gasteiger partial charge on any atom is -0.633 e. The van der Waals surface area contributed by atoms with Gasteiger partial charge in [-0.3, -0.25) is 0 Å². The highest BCUT2D eigenvalue weighted by Gasteiger charge is 2.34. The lowest BCUT2D eigenvalue weighted by molar-refractivity contribution is -0.879. The Bertz CT molecular complexity index is 379. The van der Waals surface area contributed by atoms with E-state index in [-0.39, 0.29) is 5.56 Å². The van der Waals surface area contributed by atoms with Crippen LogP contribution in [0, 0.1) is 16.8 Å². The fraction of sp³-hybridized carbons (Fsp3) is 0.455. The molecule has 1 saturated heterocycles. The van der Waals surface area contributed by atoms with E-state index in [1.165, 1.54) is 7.05 Å². The third-order valence-corrected chi connectivity index (χ3v) is 3.06. The van der Waals surface area contributed by atoms with Gasteiger partial charge in [-0.2, -0.15) is 0 Å². The summed E-state index contributed by atoms with van der Waals surface area (Å²) in [5, 5.41) is 11.9. The van der Waals surface area contributed by atoms with Crippen LogP contribution in [0.3, 0.4) is 0 Å². The van der Waals surface area contributed by atoms with E-state index in [1.54, 1.807) is 0 Å². The summed E-state index contributed by atoms with van der Waals surface area (Å²) in [6.07, 6.45) is 1.39. The van der Waals surface area contributed by atoms with Gasteiger partial charge in [-0.15, -0.1) is 0 Å². The lowest BCUT2D eigenvalue weighted by atomic mass is 10.0. The van der Waals surface area contributed by atoms with Crippen LogP contribution in [-0.4, -0.2) is 18.2 Å². The van der Waals surface area contributed by atoms with E-state index in [1.807, 2.05) is 0 Å². The molecule has 0 N–H and O–H groups in total. The fourth-order valence-electron chi connectivity index (χ4n) is 2.25. The molecule has 0 saturated carbocycles. The van der Waals surface area contributed by atoms with Gasteiger partial charge in [-0.05, 0) is 18.2 Å². The molecule has 2 nitrogen and oxygen atoms in total. The van der Waals surface area contributed by atoms with Crippen LogP contribution < -0.4 is 0 Å². The van der Waals surface area contributed by atoms with Crippen LogP contribution in [0.2, 0.25) is 0 Å². The predicted molar refractivity (Wildman–Crippen MR) is 52.8 cm³/mol. The SMILES string of the molecule is C[N+]1([O-])CCCC1c1cc(F)ccc1F. The first-order valence-corrected chi connectivity index (χ1v) is 5.02. The number of hydrogen-bond donors (Lipinski definition) is 0. The molecule has 1 aliphatic rings. The van der Waals surface area contributed by atoms with E-state index in [2.05, 4.69) is 0 Å². The van der Waals surface area contributed by atoms with Crippen LogP contribution in [-0.2, 0) is 0 Å². The van der Waals surface area contributed by atoms with Gasteiger partial charge >= 0.3 is 0 Å². The summed E-state index contributed by atoms with van der Waals surface area (Å²) in [6, 6.07) is 2.84. The second-order valence-corrected chi connectivity index (χ2v) is 4.22. The zero-order valence-electron chi connectivity index (χ0n) is 8.54. The maximum Gasteiger partial charge on any atom is 0.132 e. The molecule has 0 aromatic heterocycles. The highest BCUT2D eigenvalue weighted by Crippen LogP contribution is 2.37. The first-order valence-electron chi connectivity index (χ1n) is 5.02. The van der Waals surface area contributed by atoms with Crippen molar-refractivity contribution in [3.8, 4) is 0 Å². The van der Waals surface area contributed by atoms with Crippen molar-refractivity contribution in [1.82, 2.24) is 0 Å². The van der Waals surface area contributed by atoms with E-state index >= 15 is 0 Å². The maximum atomic E-state index is 13.4. The van der Waals surface area contributed by atoms with Gasteiger partial charge in [0.2, 0.25) is 0 Å². The van der Waals surface area contributed by atoms with Gasteiger partial charge < -0.3 is 9.85 Å². The smallest absolute Gasteiger partial charge is 0.132 e. The molecular formula is C11H13F2NO. The minimum absolute atomic E-state index is 0.213. The van der Waals surface area contributed by atoms with E-state index in [4.69, 9.17) is 0 Å². The summed E-state index contributed by atoms with van der Waals surface area (Å²) in [6.45, 7) is 0.473. The largest absolute Gasteiger partial charge is 0.633 e. The number of likely N-dealkylation sites (tertiary alicyclic amines) is 1. The molecule has 4 heteroatoms. The van der Waals surface area contributed by atoms with E-state index in [0.29, 0.717) is 13.0 Å². The number of rotatable bonds is 1. The Morgan fingerprint density at radius 3 is 2.73 bits per heavy atom. The van der Waals surface area contributed by atoms with Crippen molar-refractivity contribution in [1.29, 1.82) is 0 Å². The molecule has 1 aromatic rings. The quantitative estimate of drug-likeness (QED) is 0.519. The van der Waals surface area contributed by atoms with Gasteiger partial charge in [0.05, 0.1) is 13.6 Å². The molecule has 1 heterocycles. The predicted octanol–water partition coefficient (Wildman–Crippen LogP) is 2.74. The number of hydrogen-bond acceptors (Lipinski definition) is 1. The van der Waals surface area contributed by atoms with Crippen LogP contribution in [0.1, 0.15) is 24.4 Å². The second kappa shape index (κ2) is 3.54. The highest BCUT2D eigenvalue weighted by molar-refractivity contribution is 5.21. The van der Waals surface area contributed by atoms with Gasteiger partial charge in [0.1, 0.15) is 17.7 Å². The summed E-state index contributed by atoms with van der Waals surface area (Å²) < 4.78 is 25.9. The zero-order valence-corrected chi connectivity index (χ0v) is 8.54. The maximum absolute atomic E-state index is 13.4. The first kappa shape index (κ1) is 10.5. The number of benzene rings is 1. The number of quaternary nitrogens is 1. The lowest BCUT2D eigenvalue weighted by Crippen LogP contribution is -2.36. The molecule has 0 aliphatic carbocycles. The van der Waals surface area contributed by atoms with Crippen LogP contribution in [0.15, 0.2) is 18.2 Å². The topological polar surface area (TPSA) is 23.1 Å². The first-order chi connectivity index (χ1) is 7.00. The average Bonchev–Trinajstić information content (AvgIpc) is 2.50. The van der Waals surface area contributed by atoms with Gasteiger partial charge in [-0.1, -0.05) is 0 Å². The Balaban J connectivity index is 2.40. The average molecular weight is 213 g/mol. The standard InChI is InChI=1S/C11H13F2NO/c1-14(15)6-2-3-11(14)9-7-8(12)4-5-10(9)13/h4-5,7,11H,2-3,6H2,1H3. The number of halogens is 2. The van der Waals surface area contributed by atoms with Crippen molar-refractivity contribution in [2.45, 2.75) is 18.9 Å². The molecule has 0 amide bonds. The zero-order chi connectivity index (χ0) is 11.1. The number of hydroxylamine groups is 3. The molecule has 2 unspecified atom stereocenters. The summed E-state index contributed by atoms with van der Waals surface area (Å²) in [7, 11) is 1.52. The van der Waals surface area contributed by atoms with E-state index in [0.717, 1.165) is 24.6 Å². The van der Waals surface area contributed by atoms with Gasteiger partial charge in [0.25, 0.3) is 0 Å². The molecule has 1 aliphatic heterocycles. The molecule has 2 rings (SSSR count). The third-order valence-electron chi connectivity index (χ3n) is 3.06. The minimum atomic E-state index is -0.500. The normalized spacial score (nSPS) is 30.8. The molecule has 1 fully saturated rings. The van der Waals surface area contributed by atoms with E-state index < -0.39 is 22.3 Å². The van der Waals surface area contributed by atoms with Crippen molar-refractivity contribution in [2.75, 3.05) is 13.6 Å². The van der Waals surface area contributed by atoms with Gasteiger partial charge in [-0.25, -0.2) is 8.78 Å². The van der Waals surface area contributed by atoms with Gasteiger partial charge in [0, 0.05) is 18.4 Å². The Kier molecular flexibility index (Phi) is 2.48. The molecule has 0 bridgehead atoms. The third kappa shape index (κ3) is 1.87. The van der Waals surface area contributed by atoms with Crippen molar-refractivity contribution < 1.29 is 13.4 Å². The summed E-state index contributed by atoms with van der Waals surface area (Å²) in [4.78, 5) is 0. The Hall–Kier alpha value is -1.00. The fourth-order valence-corrected chi connectivity index (χ4v) is 2.25. The van der Waals surface area contributed by atoms with E-state index in [9.17, 15) is 14.0 Å². The molecule has 0 spiro atoms. The highest BCUT2D eigenvalue weighted by atomic mass is 19.1. The van der Waals surface area contributed by atoms with Crippen LogP contribution >= 0.6 is 0 Å². The molecule has 0 radical (unpaired) electrons.